The highest BCUT2D eigenvalue weighted by Gasteiger charge is 2.53. The van der Waals surface area contributed by atoms with Gasteiger partial charge in [-0.2, -0.15) is 18.3 Å². The van der Waals surface area contributed by atoms with Crippen molar-refractivity contribution in [3.63, 3.8) is 0 Å². The molecule has 44 heavy (non-hydrogen) atoms. The maximum atomic E-state index is 14.4. The number of alkyl halides is 3. The molecule has 6 rings (SSSR count). The van der Waals surface area contributed by atoms with Crippen molar-refractivity contribution in [3.05, 3.63) is 106 Å². The average molecular weight is 614 g/mol. The molecule has 0 saturated heterocycles. The topological polar surface area (TPSA) is 88.9 Å². The molecular formula is C31H25F6N5O2. The molecule has 2 amide bonds. The van der Waals surface area contributed by atoms with Crippen LogP contribution in [0.1, 0.15) is 56.9 Å². The number of halogens is 6. The summed E-state index contributed by atoms with van der Waals surface area (Å²) in [5.41, 5.74) is 0.472. The summed E-state index contributed by atoms with van der Waals surface area (Å²) in [5.74, 6) is -3.91. The molecule has 7 nitrogen and oxygen atoms in total. The molecule has 2 aliphatic carbocycles. The third-order valence-electron chi connectivity index (χ3n) is 8.02. The van der Waals surface area contributed by atoms with Gasteiger partial charge in [0.1, 0.15) is 24.0 Å². The molecule has 2 aliphatic rings. The minimum atomic E-state index is -4.67. The fourth-order valence-corrected chi connectivity index (χ4v) is 6.03. The molecular weight excluding hydrogens is 588 g/mol. The maximum Gasteiger partial charge on any atom is 0.435 e. The van der Waals surface area contributed by atoms with E-state index in [4.69, 9.17) is 0 Å². The van der Waals surface area contributed by atoms with Gasteiger partial charge >= 0.3 is 6.18 Å². The number of pyridine rings is 1. The maximum absolute atomic E-state index is 14.4. The van der Waals surface area contributed by atoms with E-state index in [1.165, 1.54) is 25.4 Å². The van der Waals surface area contributed by atoms with E-state index in [1.807, 2.05) is 0 Å². The fraction of sp³-hybridized carbons (Fsp3) is 0.290. The van der Waals surface area contributed by atoms with Gasteiger partial charge in [0.05, 0.1) is 17.3 Å². The lowest BCUT2D eigenvalue weighted by Gasteiger charge is -2.22. The van der Waals surface area contributed by atoms with Crippen LogP contribution < -0.4 is 10.6 Å². The van der Waals surface area contributed by atoms with Crippen molar-refractivity contribution < 1.29 is 35.9 Å². The van der Waals surface area contributed by atoms with E-state index < -0.39 is 53.7 Å². The van der Waals surface area contributed by atoms with E-state index in [9.17, 15) is 35.9 Å². The Balaban J connectivity index is 1.36. The summed E-state index contributed by atoms with van der Waals surface area (Å²) >= 11 is 0. The third-order valence-corrected chi connectivity index (χ3v) is 8.02. The zero-order chi connectivity index (χ0) is 31.3. The highest BCUT2D eigenvalue weighted by atomic mass is 19.4. The van der Waals surface area contributed by atoms with Crippen LogP contribution in [-0.2, 0) is 30.4 Å². The van der Waals surface area contributed by atoms with Crippen molar-refractivity contribution in [1.82, 2.24) is 25.4 Å². The number of fused-ring (bicyclic) bond motifs is 3. The SMILES string of the molecule is CNC(=O)c1cc(-c2cccnc2[C@H](Cc2cc(F)cc(F)c2)NC(=O)Cn2nc(C(F)(F)F)c3c2C[C@@H]2C[C@H]32)ccc1F. The molecule has 0 spiro atoms. The first-order valence-electron chi connectivity index (χ1n) is 13.8. The molecule has 0 aliphatic heterocycles. The summed E-state index contributed by atoms with van der Waals surface area (Å²) in [6, 6.07) is 8.88. The summed E-state index contributed by atoms with van der Waals surface area (Å²) in [6.07, 6.45) is -2.34. The Kier molecular flexibility index (Phi) is 7.42. The van der Waals surface area contributed by atoms with Gasteiger partial charge in [-0.05, 0) is 72.6 Å². The van der Waals surface area contributed by atoms with Crippen molar-refractivity contribution in [3.8, 4) is 11.1 Å². The third kappa shape index (κ3) is 5.65. The number of benzene rings is 2. The number of carbonyl (C=O) groups excluding carboxylic acids is 2. The first-order chi connectivity index (χ1) is 20.9. The van der Waals surface area contributed by atoms with Crippen LogP contribution in [0, 0.1) is 23.4 Å². The standard InChI is InChI=1S/C31H25F6N5O2/c1-38-30(44)22-10-16(4-5-23(22)34)20-3-2-6-39-28(20)24(9-15-7-18(32)13-19(33)8-15)40-26(43)14-42-25-12-17-11-21(17)27(25)29(41-42)31(35,36)37/h2-8,10,13,17,21,24H,9,11-12,14H2,1H3,(H,38,44)(H,40,43)/t17-,21-,24-/m0/s1. The number of hydrogen-bond acceptors (Lipinski definition) is 4. The van der Waals surface area contributed by atoms with Crippen LogP contribution in [0.2, 0.25) is 0 Å². The highest BCUT2D eigenvalue weighted by molar-refractivity contribution is 5.95. The lowest BCUT2D eigenvalue weighted by atomic mass is 9.94. The van der Waals surface area contributed by atoms with Crippen LogP contribution in [0.15, 0.2) is 54.7 Å². The molecule has 3 atom stereocenters. The van der Waals surface area contributed by atoms with E-state index in [0.717, 1.165) is 22.9 Å². The number of nitrogens with zero attached hydrogens (tertiary/aromatic N) is 3. The van der Waals surface area contributed by atoms with Crippen LogP contribution in [0.3, 0.4) is 0 Å². The number of nitrogens with one attached hydrogen (secondary N) is 2. The number of amides is 2. The molecule has 0 unspecified atom stereocenters. The van der Waals surface area contributed by atoms with E-state index in [0.29, 0.717) is 35.7 Å². The molecule has 0 bridgehead atoms. The van der Waals surface area contributed by atoms with Gasteiger partial charge in [-0.1, -0.05) is 12.1 Å². The fourth-order valence-electron chi connectivity index (χ4n) is 6.03. The highest BCUT2D eigenvalue weighted by Crippen LogP contribution is 2.59. The Labute approximate surface area is 247 Å². The van der Waals surface area contributed by atoms with E-state index in [-0.39, 0.29) is 40.6 Å². The van der Waals surface area contributed by atoms with Gasteiger partial charge in [-0.15, -0.1) is 0 Å². The molecule has 1 fully saturated rings. The van der Waals surface area contributed by atoms with Crippen molar-refractivity contribution >= 4 is 11.8 Å². The monoisotopic (exact) mass is 613 g/mol. The van der Waals surface area contributed by atoms with Gasteiger partial charge < -0.3 is 10.6 Å². The second-order valence-electron chi connectivity index (χ2n) is 11.0. The van der Waals surface area contributed by atoms with Gasteiger partial charge in [0.25, 0.3) is 5.91 Å². The number of rotatable bonds is 8. The second-order valence-corrected chi connectivity index (χ2v) is 11.0. The Bertz CT molecular complexity index is 1770. The van der Waals surface area contributed by atoms with Crippen molar-refractivity contribution in [1.29, 1.82) is 0 Å². The first-order valence-corrected chi connectivity index (χ1v) is 13.8. The normalized spacial score (nSPS) is 17.5. The summed E-state index contributed by atoms with van der Waals surface area (Å²) in [6.45, 7) is -0.522. The second kappa shape index (κ2) is 11.1. The summed E-state index contributed by atoms with van der Waals surface area (Å²) in [7, 11) is 1.35. The zero-order valence-corrected chi connectivity index (χ0v) is 23.2. The molecule has 2 aromatic heterocycles. The summed E-state index contributed by atoms with van der Waals surface area (Å²) < 4.78 is 85.0. The largest absolute Gasteiger partial charge is 0.435 e. The molecule has 0 radical (unpaired) electrons. The lowest BCUT2D eigenvalue weighted by molar-refractivity contribution is -0.142. The van der Waals surface area contributed by atoms with Gasteiger partial charge in [-0.25, -0.2) is 13.2 Å². The zero-order valence-electron chi connectivity index (χ0n) is 23.2. The Morgan fingerprint density at radius 2 is 1.82 bits per heavy atom. The molecule has 228 valence electrons. The van der Waals surface area contributed by atoms with E-state index >= 15 is 0 Å². The van der Waals surface area contributed by atoms with Gasteiger partial charge in [0.15, 0.2) is 5.69 Å². The molecule has 13 heteroatoms. The summed E-state index contributed by atoms with van der Waals surface area (Å²) in [4.78, 5) is 30.1. The van der Waals surface area contributed by atoms with Crippen molar-refractivity contribution in [2.45, 2.75) is 43.9 Å². The molecule has 2 heterocycles. The number of hydrogen-bond donors (Lipinski definition) is 2. The Hall–Kier alpha value is -4.68. The van der Waals surface area contributed by atoms with Crippen LogP contribution in [0.4, 0.5) is 26.3 Å². The van der Waals surface area contributed by atoms with E-state index in [2.05, 4.69) is 20.7 Å². The van der Waals surface area contributed by atoms with Crippen LogP contribution >= 0.6 is 0 Å². The molecule has 4 aromatic rings. The first kappa shape index (κ1) is 29.4. The predicted octanol–water partition coefficient (Wildman–Crippen LogP) is 5.50. The molecule has 2 N–H and O–H groups in total. The average Bonchev–Trinajstić information content (AvgIpc) is 3.48. The number of carbonyl (C=O) groups is 2. The van der Waals surface area contributed by atoms with Gasteiger partial charge in [-0.3, -0.25) is 19.3 Å². The van der Waals surface area contributed by atoms with E-state index in [1.54, 1.807) is 12.1 Å². The number of aromatic nitrogens is 3. The van der Waals surface area contributed by atoms with Crippen LogP contribution in [0.5, 0.6) is 0 Å². The van der Waals surface area contributed by atoms with Crippen LogP contribution in [0.25, 0.3) is 11.1 Å². The lowest BCUT2D eigenvalue weighted by Crippen LogP contribution is -2.34. The van der Waals surface area contributed by atoms with Gasteiger partial charge in [0, 0.05) is 36.1 Å². The smallest absolute Gasteiger partial charge is 0.355 e. The van der Waals surface area contributed by atoms with Crippen LogP contribution in [-0.4, -0.2) is 33.6 Å². The Morgan fingerprint density at radius 3 is 2.52 bits per heavy atom. The quantitative estimate of drug-likeness (QED) is 0.257. The Morgan fingerprint density at radius 1 is 1.07 bits per heavy atom. The summed E-state index contributed by atoms with van der Waals surface area (Å²) in [5, 5.41) is 8.88. The molecule has 1 saturated carbocycles. The van der Waals surface area contributed by atoms with Crippen molar-refractivity contribution in [2.24, 2.45) is 5.92 Å². The minimum absolute atomic E-state index is 0.112. The predicted molar refractivity (Wildman–Crippen MR) is 146 cm³/mol. The molecule has 2 aromatic carbocycles. The van der Waals surface area contributed by atoms with Gasteiger partial charge in [0.2, 0.25) is 5.91 Å². The van der Waals surface area contributed by atoms with Crippen molar-refractivity contribution in [2.75, 3.05) is 7.05 Å². The minimum Gasteiger partial charge on any atom is -0.355 e.